The highest BCUT2D eigenvalue weighted by Gasteiger charge is 2.50. The van der Waals surface area contributed by atoms with Crippen molar-refractivity contribution in [2.45, 2.75) is 25.9 Å². The van der Waals surface area contributed by atoms with Gasteiger partial charge in [0.25, 0.3) is 5.91 Å². The van der Waals surface area contributed by atoms with Gasteiger partial charge in [-0.2, -0.15) is 0 Å². The molecule has 0 aromatic heterocycles. The van der Waals surface area contributed by atoms with Crippen LogP contribution in [0.25, 0.3) is 0 Å². The van der Waals surface area contributed by atoms with Crippen LogP contribution in [-0.2, 0) is 23.9 Å². The summed E-state index contributed by atoms with van der Waals surface area (Å²) in [5, 5.41) is 2.21. The van der Waals surface area contributed by atoms with E-state index in [1.165, 1.54) is 14.0 Å². The van der Waals surface area contributed by atoms with E-state index >= 15 is 0 Å². The number of ether oxygens (including phenoxy) is 1. The summed E-state index contributed by atoms with van der Waals surface area (Å²) in [4.78, 5) is 46.8. The number of hydrogen-bond acceptors (Lipinski definition) is 5. The van der Waals surface area contributed by atoms with Crippen molar-refractivity contribution in [3.63, 3.8) is 0 Å². The van der Waals surface area contributed by atoms with Crippen LogP contribution in [0.2, 0.25) is 0 Å². The zero-order valence-corrected chi connectivity index (χ0v) is 9.85. The quantitative estimate of drug-likeness (QED) is 0.478. The molecule has 1 aliphatic rings. The summed E-state index contributed by atoms with van der Waals surface area (Å²) in [5.41, 5.74) is 0. The van der Waals surface area contributed by atoms with Gasteiger partial charge < -0.3 is 15.0 Å². The van der Waals surface area contributed by atoms with Crippen LogP contribution in [0.3, 0.4) is 0 Å². The molecule has 0 aliphatic carbocycles. The number of esters is 1. The highest BCUT2D eigenvalue weighted by Crippen LogP contribution is 2.15. The van der Waals surface area contributed by atoms with Crippen LogP contribution >= 0.6 is 0 Å². The Morgan fingerprint density at radius 1 is 1.41 bits per heavy atom. The number of likely N-dealkylation sites (tertiary alicyclic amines) is 1. The fraction of sp³-hybridized carbons (Fsp3) is 0.600. The summed E-state index contributed by atoms with van der Waals surface area (Å²) in [6, 6.07) is -2.55. The molecule has 1 rings (SSSR count). The minimum absolute atomic E-state index is 0.120. The van der Waals surface area contributed by atoms with Gasteiger partial charge in [0.1, 0.15) is 0 Å². The number of ketones is 1. The molecule has 0 aromatic carbocycles. The maximum absolute atomic E-state index is 11.8. The first-order chi connectivity index (χ1) is 7.90. The van der Waals surface area contributed by atoms with Gasteiger partial charge in [-0.3, -0.25) is 14.4 Å². The largest absolute Gasteiger partial charge is 0.464 e. The molecule has 1 N–H and O–H groups in total. The van der Waals surface area contributed by atoms with E-state index < -0.39 is 35.7 Å². The molecule has 1 heterocycles. The van der Waals surface area contributed by atoms with Gasteiger partial charge in [-0.25, -0.2) is 4.79 Å². The van der Waals surface area contributed by atoms with Crippen LogP contribution in [0.1, 0.15) is 13.8 Å². The first-order valence-electron chi connectivity index (χ1n) is 5.14. The Bertz CT molecular complexity index is 379. The maximum Gasteiger partial charge on any atom is 0.336 e. The third kappa shape index (κ3) is 2.43. The average Bonchev–Trinajstić information content (AvgIpc) is 2.43. The molecule has 7 nitrogen and oxygen atoms in total. The zero-order chi connectivity index (χ0) is 13.2. The van der Waals surface area contributed by atoms with Crippen LogP contribution in [0.4, 0.5) is 0 Å². The first kappa shape index (κ1) is 13.1. The van der Waals surface area contributed by atoms with Crippen molar-refractivity contribution in [2.75, 3.05) is 13.7 Å². The van der Waals surface area contributed by atoms with Crippen LogP contribution in [-0.4, -0.2) is 54.2 Å². The Kier molecular flexibility index (Phi) is 3.82. The number of carbonyl (C=O) groups is 4. The van der Waals surface area contributed by atoms with Crippen molar-refractivity contribution in [3.8, 4) is 0 Å². The summed E-state index contributed by atoms with van der Waals surface area (Å²) < 4.78 is 4.70. The third-order valence-electron chi connectivity index (χ3n) is 2.39. The molecule has 0 radical (unpaired) electrons. The molecule has 2 atom stereocenters. The molecule has 0 spiro atoms. The van der Waals surface area contributed by atoms with Crippen LogP contribution in [0.15, 0.2) is 0 Å². The van der Waals surface area contributed by atoms with Gasteiger partial charge in [0.05, 0.1) is 6.61 Å². The van der Waals surface area contributed by atoms with E-state index in [-0.39, 0.29) is 6.61 Å². The van der Waals surface area contributed by atoms with E-state index in [0.717, 1.165) is 4.90 Å². The Morgan fingerprint density at radius 3 is 2.47 bits per heavy atom. The van der Waals surface area contributed by atoms with E-state index in [0.29, 0.717) is 0 Å². The Hall–Kier alpha value is -1.92. The minimum atomic E-state index is -1.29. The monoisotopic (exact) mass is 242 g/mol. The molecule has 17 heavy (non-hydrogen) atoms. The lowest BCUT2D eigenvalue weighted by molar-refractivity contribution is -0.152. The number of rotatable bonds is 3. The Morgan fingerprint density at radius 2 is 2.00 bits per heavy atom. The summed E-state index contributed by atoms with van der Waals surface area (Å²) in [6.07, 6.45) is 0. The van der Waals surface area contributed by atoms with Gasteiger partial charge in [0.2, 0.25) is 5.91 Å². The van der Waals surface area contributed by atoms with Gasteiger partial charge in [0, 0.05) is 14.0 Å². The van der Waals surface area contributed by atoms with Crippen LogP contribution in [0.5, 0.6) is 0 Å². The number of Topliss-reactive ketones (excluding diaryl/α,β-unsaturated/α-hetero) is 1. The number of hydrogen-bond donors (Lipinski definition) is 1. The van der Waals surface area contributed by atoms with E-state index in [2.05, 4.69) is 5.32 Å². The van der Waals surface area contributed by atoms with Crippen molar-refractivity contribution >= 4 is 23.6 Å². The standard InChI is InChI=1S/C10H14N2O5/c1-4-17-10(16)7-8(14)6(11-5(2)13)9(15)12(7)3/h6-7H,4H2,1-3H3,(H,11,13). The van der Waals surface area contributed by atoms with Crippen molar-refractivity contribution in [1.82, 2.24) is 10.2 Å². The van der Waals surface area contributed by atoms with Crippen molar-refractivity contribution in [3.05, 3.63) is 0 Å². The normalized spacial score (nSPS) is 23.8. The molecule has 2 amide bonds. The first-order valence-corrected chi connectivity index (χ1v) is 5.14. The lowest BCUT2D eigenvalue weighted by atomic mass is 10.1. The molecule has 94 valence electrons. The van der Waals surface area contributed by atoms with Crippen LogP contribution in [0, 0.1) is 0 Å². The highest BCUT2D eigenvalue weighted by atomic mass is 16.5. The summed E-state index contributed by atoms with van der Waals surface area (Å²) in [7, 11) is 1.32. The Balaban J connectivity index is 2.89. The smallest absolute Gasteiger partial charge is 0.336 e. The SMILES string of the molecule is CCOC(=O)C1C(=O)C(NC(C)=O)C(=O)N1C. The second kappa shape index (κ2) is 4.94. The average molecular weight is 242 g/mol. The molecule has 1 fully saturated rings. The number of amides is 2. The Labute approximate surface area is 98.1 Å². The fourth-order valence-corrected chi connectivity index (χ4v) is 1.63. The topological polar surface area (TPSA) is 92.8 Å². The summed E-state index contributed by atoms with van der Waals surface area (Å²) in [6.45, 7) is 2.91. The molecule has 7 heteroatoms. The van der Waals surface area contributed by atoms with E-state index in [1.807, 2.05) is 0 Å². The molecule has 1 aliphatic heterocycles. The predicted octanol–water partition coefficient (Wildman–Crippen LogP) is -1.54. The second-order valence-electron chi connectivity index (χ2n) is 3.64. The molecule has 2 unspecified atom stereocenters. The number of carbonyl (C=O) groups excluding carboxylic acids is 4. The molecule has 1 saturated heterocycles. The van der Waals surface area contributed by atoms with Crippen molar-refractivity contribution in [1.29, 1.82) is 0 Å². The second-order valence-corrected chi connectivity index (χ2v) is 3.64. The molecular weight excluding hydrogens is 228 g/mol. The van der Waals surface area contributed by atoms with Crippen molar-refractivity contribution in [2.24, 2.45) is 0 Å². The van der Waals surface area contributed by atoms with Gasteiger partial charge in [-0.1, -0.05) is 0 Å². The van der Waals surface area contributed by atoms with Gasteiger partial charge in [-0.15, -0.1) is 0 Å². The van der Waals surface area contributed by atoms with E-state index in [4.69, 9.17) is 4.74 Å². The number of likely N-dealkylation sites (N-methyl/N-ethyl adjacent to an activating group) is 1. The van der Waals surface area contributed by atoms with Crippen molar-refractivity contribution < 1.29 is 23.9 Å². The minimum Gasteiger partial charge on any atom is -0.464 e. The molecule has 0 aromatic rings. The van der Waals surface area contributed by atoms with Crippen LogP contribution < -0.4 is 5.32 Å². The summed E-state index contributed by atoms with van der Waals surface area (Å²) in [5.74, 6) is -2.55. The highest BCUT2D eigenvalue weighted by molar-refractivity contribution is 6.22. The van der Waals surface area contributed by atoms with E-state index in [1.54, 1.807) is 6.92 Å². The number of nitrogens with zero attached hydrogens (tertiary/aromatic N) is 1. The third-order valence-corrected chi connectivity index (χ3v) is 2.39. The molecular formula is C10H14N2O5. The number of nitrogens with one attached hydrogen (secondary N) is 1. The zero-order valence-electron chi connectivity index (χ0n) is 9.85. The maximum atomic E-state index is 11.8. The molecule has 0 saturated carbocycles. The van der Waals surface area contributed by atoms with Gasteiger partial charge >= 0.3 is 5.97 Å². The predicted molar refractivity (Wildman–Crippen MR) is 55.8 cm³/mol. The lowest BCUT2D eigenvalue weighted by Gasteiger charge is -2.15. The van der Waals surface area contributed by atoms with Gasteiger partial charge in [-0.05, 0) is 6.92 Å². The van der Waals surface area contributed by atoms with E-state index in [9.17, 15) is 19.2 Å². The van der Waals surface area contributed by atoms with Gasteiger partial charge in [0.15, 0.2) is 17.9 Å². The lowest BCUT2D eigenvalue weighted by Crippen LogP contribution is -2.43. The summed E-state index contributed by atoms with van der Waals surface area (Å²) >= 11 is 0. The fourth-order valence-electron chi connectivity index (χ4n) is 1.63. The molecule has 0 bridgehead atoms.